The van der Waals surface area contributed by atoms with Crippen molar-refractivity contribution >= 4 is 29.1 Å². The third kappa shape index (κ3) is 1.80. The number of hydrogen-bond acceptors (Lipinski definition) is 3. The highest BCUT2D eigenvalue weighted by atomic mass is 35.5. The van der Waals surface area contributed by atoms with Crippen molar-refractivity contribution in [3.8, 4) is 0 Å². The Labute approximate surface area is 145 Å². The first-order valence-electron chi connectivity index (χ1n) is 8.60. The number of anilines is 1. The number of likely N-dealkylation sites (tertiary alicyclic amines) is 1. The fourth-order valence-corrected chi connectivity index (χ4v) is 5.31. The lowest BCUT2D eigenvalue weighted by molar-refractivity contribution is -0.139. The van der Waals surface area contributed by atoms with Gasteiger partial charge < -0.3 is 5.32 Å². The van der Waals surface area contributed by atoms with Gasteiger partial charge in [-0.3, -0.25) is 14.5 Å². The fraction of sp³-hybridized carbons (Fsp3) is 0.474. The minimum Gasteiger partial charge on any atom is -0.367 e. The van der Waals surface area contributed by atoms with Crippen molar-refractivity contribution in [2.24, 2.45) is 35.5 Å². The SMILES string of the molecule is Cc1c(Cl)cccc1NCN1C(=O)[C@H]2[C@@H]3C=C[C@H]([C@@H]4C[C@@H]34)[C@@H]2C1=O. The summed E-state index contributed by atoms with van der Waals surface area (Å²) in [5.74, 6) is 1.58. The molecule has 2 amide bonds. The second-order valence-electron chi connectivity index (χ2n) is 7.51. The molecule has 1 aliphatic heterocycles. The van der Waals surface area contributed by atoms with E-state index in [0.717, 1.165) is 11.3 Å². The van der Waals surface area contributed by atoms with Gasteiger partial charge in [0.2, 0.25) is 11.8 Å². The standard InChI is InChI=1S/C19H19ClN2O2/c1-9-14(20)3-2-4-15(9)21-8-22-18(23)16-10-5-6-11(13-7-12(10)13)17(16)19(22)24/h2-6,10-13,16-17,21H,7-8H2,1H3/t10-,11-,12+,13+,16+,17+/m1/s1. The maximum Gasteiger partial charge on any atom is 0.235 e. The third-order valence-corrected chi connectivity index (χ3v) is 6.86. The molecular weight excluding hydrogens is 324 g/mol. The summed E-state index contributed by atoms with van der Waals surface area (Å²) in [5.41, 5.74) is 1.79. The van der Waals surface area contributed by atoms with Crippen LogP contribution in [-0.4, -0.2) is 23.4 Å². The summed E-state index contributed by atoms with van der Waals surface area (Å²) in [6, 6.07) is 5.61. The molecule has 0 spiro atoms. The Balaban J connectivity index is 1.38. The predicted molar refractivity (Wildman–Crippen MR) is 91.2 cm³/mol. The van der Waals surface area contributed by atoms with Crippen LogP contribution in [0.1, 0.15) is 12.0 Å². The van der Waals surface area contributed by atoms with Crippen LogP contribution in [0.15, 0.2) is 30.4 Å². The molecule has 124 valence electrons. The van der Waals surface area contributed by atoms with E-state index >= 15 is 0 Å². The van der Waals surface area contributed by atoms with Gasteiger partial charge in [0.1, 0.15) is 0 Å². The highest BCUT2D eigenvalue weighted by molar-refractivity contribution is 6.31. The quantitative estimate of drug-likeness (QED) is 0.678. The van der Waals surface area contributed by atoms with Crippen LogP contribution in [0.5, 0.6) is 0 Å². The van der Waals surface area contributed by atoms with Crippen LogP contribution in [0.2, 0.25) is 5.02 Å². The molecule has 5 aliphatic rings. The average molecular weight is 343 g/mol. The molecule has 2 bridgehead atoms. The Bertz CT molecular complexity index is 754. The van der Waals surface area contributed by atoms with Crippen molar-refractivity contribution in [3.63, 3.8) is 0 Å². The third-order valence-electron chi connectivity index (χ3n) is 6.45. The Morgan fingerprint density at radius 2 is 1.75 bits per heavy atom. The molecule has 0 unspecified atom stereocenters. The lowest BCUT2D eigenvalue weighted by atomic mass is 9.63. The van der Waals surface area contributed by atoms with E-state index in [1.165, 1.54) is 11.3 Å². The predicted octanol–water partition coefficient (Wildman–Crippen LogP) is 3.07. The molecule has 1 heterocycles. The summed E-state index contributed by atoms with van der Waals surface area (Å²) >= 11 is 6.14. The van der Waals surface area contributed by atoms with E-state index in [0.29, 0.717) is 16.9 Å². The van der Waals surface area contributed by atoms with Crippen LogP contribution in [-0.2, 0) is 9.59 Å². The zero-order valence-corrected chi connectivity index (χ0v) is 14.2. The number of rotatable bonds is 3. The molecule has 1 aromatic carbocycles. The van der Waals surface area contributed by atoms with E-state index in [1.54, 1.807) is 0 Å². The first-order valence-corrected chi connectivity index (χ1v) is 8.98. The molecule has 6 rings (SSSR count). The van der Waals surface area contributed by atoms with E-state index in [9.17, 15) is 9.59 Å². The van der Waals surface area contributed by atoms with Crippen molar-refractivity contribution in [2.75, 3.05) is 12.0 Å². The number of allylic oxidation sites excluding steroid dienone is 2. The van der Waals surface area contributed by atoms with Gasteiger partial charge in [0, 0.05) is 10.7 Å². The lowest BCUT2D eigenvalue weighted by Gasteiger charge is -2.37. The van der Waals surface area contributed by atoms with Crippen molar-refractivity contribution in [1.82, 2.24) is 4.90 Å². The topological polar surface area (TPSA) is 49.4 Å². The smallest absolute Gasteiger partial charge is 0.235 e. The summed E-state index contributed by atoms with van der Waals surface area (Å²) in [5, 5.41) is 3.89. The van der Waals surface area contributed by atoms with Gasteiger partial charge in [-0.15, -0.1) is 0 Å². The first-order chi connectivity index (χ1) is 11.6. The highest BCUT2D eigenvalue weighted by Gasteiger charge is 2.66. The molecule has 4 aliphatic carbocycles. The largest absolute Gasteiger partial charge is 0.367 e. The molecule has 1 aromatic rings. The van der Waals surface area contributed by atoms with Crippen molar-refractivity contribution in [3.05, 3.63) is 40.9 Å². The minimum atomic E-state index is -0.126. The zero-order valence-electron chi connectivity index (χ0n) is 13.4. The number of carbonyl (C=O) groups is 2. The molecule has 24 heavy (non-hydrogen) atoms. The van der Waals surface area contributed by atoms with Crippen molar-refractivity contribution in [1.29, 1.82) is 0 Å². The molecule has 1 saturated heterocycles. The van der Waals surface area contributed by atoms with Gasteiger partial charge in [-0.1, -0.05) is 29.8 Å². The lowest BCUT2D eigenvalue weighted by Crippen LogP contribution is -2.40. The number of halogens is 1. The summed E-state index contributed by atoms with van der Waals surface area (Å²) in [6.07, 6.45) is 5.59. The number of amides is 2. The van der Waals surface area contributed by atoms with Crippen LogP contribution in [0, 0.1) is 42.4 Å². The monoisotopic (exact) mass is 342 g/mol. The molecule has 0 radical (unpaired) electrons. The number of benzene rings is 1. The maximum atomic E-state index is 12.9. The molecule has 4 nitrogen and oxygen atoms in total. The van der Waals surface area contributed by atoms with Gasteiger partial charge in [-0.05, 0) is 54.7 Å². The minimum absolute atomic E-state index is 0.00174. The van der Waals surface area contributed by atoms with Gasteiger partial charge in [-0.25, -0.2) is 0 Å². The van der Waals surface area contributed by atoms with E-state index in [2.05, 4.69) is 17.5 Å². The van der Waals surface area contributed by atoms with Crippen LogP contribution in [0.25, 0.3) is 0 Å². The van der Waals surface area contributed by atoms with E-state index in [4.69, 9.17) is 11.6 Å². The number of imide groups is 1. The van der Waals surface area contributed by atoms with E-state index in [1.807, 2.05) is 25.1 Å². The molecule has 2 saturated carbocycles. The first kappa shape index (κ1) is 14.5. The summed E-state index contributed by atoms with van der Waals surface area (Å²) in [7, 11) is 0. The number of carbonyl (C=O) groups excluding carboxylic acids is 2. The highest BCUT2D eigenvalue weighted by Crippen LogP contribution is 2.65. The van der Waals surface area contributed by atoms with Crippen LogP contribution in [0.3, 0.4) is 0 Å². The van der Waals surface area contributed by atoms with Crippen LogP contribution in [0.4, 0.5) is 5.69 Å². The van der Waals surface area contributed by atoms with Gasteiger partial charge in [0.15, 0.2) is 0 Å². The molecule has 3 fully saturated rings. The molecule has 6 atom stereocenters. The zero-order chi connectivity index (χ0) is 16.6. The molecule has 1 N–H and O–H groups in total. The Hall–Kier alpha value is -1.81. The van der Waals surface area contributed by atoms with Gasteiger partial charge in [0.05, 0.1) is 18.5 Å². The normalized spacial score (nSPS) is 38.3. The molecule has 5 heteroatoms. The Morgan fingerprint density at radius 3 is 2.38 bits per heavy atom. The van der Waals surface area contributed by atoms with E-state index < -0.39 is 0 Å². The number of nitrogens with zero attached hydrogens (tertiary/aromatic N) is 1. The van der Waals surface area contributed by atoms with E-state index in [-0.39, 0.29) is 42.2 Å². The van der Waals surface area contributed by atoms with Gasteiger partial charge in [0.25, 0.3) is 0 Å². The Morgan fingerprint density at radius 1 is 1.12 bits per heavy atom. The molecule has 0 aromatic heterocycles. The summed E-state index contributed by atoms with van der Waals surface area (Å²) in [4.78, 5) is 27.2. The fourth-order valence-electron chi connectivity index (χ4n) is 5.14. The van der Waals surface area contributed by atoms with Crippen LogP contribution >= 0.6 is 11.6 Å². The second kappa shape index (κ2) is 4.85. The number of hydrogen-bond donors (Lipinski definition) is 1. The summed E-state index contributed by atoms with van der Waals surface area (Å²) < 4.78 is 0. The molecular formula is C19H19ClN2O2. The van der Waals surface area contributed by atoms with Crippen molar-refractivity contribution < 1.29 is 9.59 Å². The number of nitrogens with one attached hydrogen (secondary N) is 1. The maximum absolute atomic E-state index is 12.9. The average Bonchev–Trinajstić information content (AvgIpc) is 3.35. The second-order valence-corrected chi connectivity index (χ2v) is 7.91. The summed E-state index contributed by atoms with van der Waals surface area (Å²) in [6.45, 7) is 2.15. The van der Waals surface area contributed by atoms with Crippen LogP contribution < -0.4 is 5.32 Å². The van der Waals surface area contributed by atoms with Crippen molar-refractivity contribution in [2.45, 2.75) is 13.3 Å². The van der Waals surface area contributed by atoms with Gasteiger partial charge >= 0.3 is 0 Å². The Kier molecular flexibility index (Phi) is 2.94. The van der Waals surface area contributed by atoms with Gasteiger partial charge in [-0.2, -0.15) is 0 Å².